The molecule has 310 valence electrons. The first-order chi connectivity index (χ1) is 32.5. The zero-order valence-electron chi connectivity index (χ0n) is 36.7. The number of fused-ring (bicyclic) bond motifs is 16. The summed E-state index contributed by atoms with van der Waals surface area (Å²) in [7, 11) is 0. The molecule has 14 rings (SSSR count). The second kappa shape index (κ2) is 13.9. The third kappa shape index (κ3) is 5.05. The quantitative estimate of drug-likeness (QED) is 0.167. The van der Waals surface area contributed by atoms with Crippen molar-refractivity contribution in [2.75, 3.05) is 4.90 Å². The minimum absolute atomic E-state index is 0.221. The normalized spacial score (nSPS) is 14.2. The Morgan fingerprint density at radius 2 is 0.864 bits per heavy atom. The molecule has 10 aromatic carbocycles. The molecule has 0 amide bonds. The highest BCUT2D eigenvalue weighted by Gasteiger charge is 2.52. The molecule has 0 bridgehead atoms. The van der Waals surface area contributed by atoms with Crippen molar-refractivity contribution in [3.05, 3.63) is 258 Å². The van der Waals surface area contributed by atoms with Crippen molar-refractivity contribution < 1.29 is 0 Å². The topological polar surface area (TPSA) is 3.24 Å². The van der Waals surface area contributed by atoms with Gasteiger partial charge in [-0.05, 0) is 126 Å². The lowest BCUT2D eigenvalue weighted by atomic mass is 9.70. The lowest BCUT2D eigenvalue weighted by molar-refractivity contribution is 0.660. The molecular formula is C64H43NS. The number of hydrogen-bond acceptors (Lipinski definition) is 2. The summed E-state index contributed by atoms with van der Waals surface area (Å²) in [4.78, 5) is 2.60. The van der Waals surface area contributed by atoms with Gasteiger partial charge in [-0.2, -0.15) is 0 Å². The van der Waals surface area contributed by atoms with E-state index in [1.54, 1.807) is 0 Å². The Morgan fingerprint density at radius 1 is 0.348 bits per heavy atom. The lowest BCUT2D eigenvalue weighted by Gasteiger charge is -2.32. The number of thiophene rings is 1. The Balaban J connectivity index is 1.03. The molecule has 0 saturated carbocycles. The molecule has 1 heterocycles. The summed E-state index contributed by atoms with van der Waals surface area (Å²) < 4.78 is 2.57. The molecule has 3 aliphatic rings. The lowest BCUT2D eigenvalue weighted by Crippen LogP contribution is -2.26. The number of hydrogen-bond donors (Lipinski definition) is 0. The highest BCUT2D eigenvalue weighted by molar-refractivity contribution is 7.26. The van der Waals surface area contributed by atoms with Crippen LogP contribution in [0.4, 0.5) is 17.1 Å². The average molecular weight is 858 g/mol. The van der Waals surface area contributed by atoms with Crippen molar-refractivity contribution in [3.8, 4) is 55.6 Å². The Kier molecular flexibility index (Phi) is 7.89. The molecule has 1 spiro atoms. The summed E-state index contributed by atoms with van der Waals surface area (Å²) in [5.74, 6) is 0. The Labute approximate surface area is 389 Å². The van der Waals surface area contributed by atoms with Gasteiger partial charge in [-0.3, -0.25) is 0 Å². The minimum atomic E-state index is -0.448. The minimum Gasteiger partial charge on any atom is -0.308 e. The molecule has 0 N–H and O–H groups in total. The van der Waals surface area contributed by atoms with Gasteiger partial charge in [0, 0.05) is 32.1 Å². The first kappa shape index (κ1) is 37.6. The molecule has 0 saturated heterocycles. The third-order valence-corrected chi connectivity index (χ3v) is 16.3. The molecule has 0 atom stereocenters. The summed E-state index contributed by atoms with van der Waals surface area (Å²) in [6, 6.07) is 84.4. The van der Waals surface area contributed by atoms with Crippen LogP contribution in [0.15, 0.2) is 224 Å². The molecule has 2 heteroatoms. The van der Waals surface area contributed by atoms with Gasteiger partial charge in [-0.25, -0.2) is 0 Å². The highest BCUT2D eigenvalue weighted by Crippen LogP contribution is 2.65. The van der Waals surface area contributed by atoms with Crippen LogP contribution in [0.2, 0.25) is 0 Å². The summed E-state index contributed by atoms with van der Waals surface area (Å²) in [5.41, 5.74) is 23.8. The fourth-order valence-corrected chi connectivity index (χ4v) is 13.3. The highest BCUT2D eigenvalue weighted by atomic mass is 32.1. The van der Waals surface area contributed by atoms with Gasteiger partial charge in [-0.15, -0.1) is 11.3 Å². The third-order valence-electron chi connectivity index (χ3n) is 15.1. The first-order valence-electron chi connectivity index (χ1n) is 23.1. The SMILES string of the molecule is CC1(C)c2cc(-c3ccccc3)ccc2-c2ccc(N(c3cccc4c3-c3ccccc3C43c4ccccc4-c4ccccc43)c3cccc4c3sc3ccc(-c5ccccc5)cc34)cc21. The molecule has 0 radical (unpaired) electrons. The molecule has 0 unspecified atom stereocenters. The smallest absolute Gasteiger partial charge is 0.0726 e. The predicted molar refractivity (Wildman–Crippen MR) is 279 cm³/mol. The van der Waals surface area contributed by atoms with Gasteiger partial charge in [0.15, 0.2) is 0 Å². The van der Waals surface area contributed by atoms with Gasteiger partial charge in [-0.1, -0.05) is 196 Å². The van der Waals surface area contributed by atoms with Crippen LogP contribution in [-0.4, -0.2) is 0 Å². The van der Waals surface area contributed by atoms with E-state index in [0.29, 0.717) is 0 Å². The largest absolute Gasteiger partial charge is 0.308 e. The number of rotatable bonds is 5. The van der Waals surface area contributed by atoms with Crippen LogP contribution in [0.5, 0.6) is 0 Å². The van der Waals surface area contributed by atoms with Crippen molar-refractivity contribution in [2.45, 2.75) is 24.7 Å². The summed E-state index contributed by atoms with van der Waals surface area (Å²) in [6.45, 7) is 4.82. The molecule has 1 nitrogen and oxygen atoms in total. The second-order valence-electron chi connectivity index (χ2n) is 18.7. The van der Waals surface area contributed by atoms with Crippen molar-refractivity contribution in [1.29, 1.82) is 0 Å². The van der Waals surface area contributed by atoms with Gasteiger partial charge >= 0.3 is 0 Å². The van der Waals surface area contributed by atoms with Crippen LogP contribution in [0, 0.1) is 0 Å². The molecule has 0 fully saturated rings. The summed E-state index contributed by atoms with van der Waals surface area (Å²) >= 11 is 1.90. The van der Waals surface area contributed by atoms with Crippen LogP contribution in [0.25, 0.3) is 75.8 Å². The van der Waals surface area contributed by atoms with E-state index in [9.17, 15) is 0 Å². The van der Waals surface area contributed by atoms with Crippen LogP contribution in [-0.2, 0) is 10.8 Å². The monoisotopic (exact) mass is 857 g/mol. The zero-order chi connectivity index (χ0) is 43.7. The van der Waals surface area contributed by atoms with E-state index in [0.717, 1.165) is 5.69 Å². The number of benzene rings is 10. The Bertz CT molecular complexity index is 3750. The molecule has 0 aliphatic heterocycles. The van der Waals surface area contributed by atoms with E-state index in [4.69, 9.17) is 0 Å². The molecule has 1 aromatic heterocycles. The van der Waals surface area contributed by atoms with Crippen LogP contribution < -0.4 is 4.90 Å². The fraction of sp³-hybridized carbons (Fsp3) is 0.0625. The van der Waals surface area contributed by atoms with E-state index < -0.39 is 5.41 Å². The van der Waals surface area contributed by atoms with Crippen LogP contribution in [0.1, 0.15) is 47.2 Å². The maximum Gasteiger partial charge on any atom is 0.0726 e. The van der Waals surface area contributed by atoms with Crippen molar-refractivity contribution >= 4 is 48.6 Å². The summed E-state index contributed by atoms with van der Waals surface area (Å²) in [5, 5.41) is 2.57. The average Bonchev–Trinajstić information content (AvgIpc) is 4.07. The van der Waals surface area contributed by atoms with E-state index >= 15 is 0 Å². The second-order valence-corrected chi connectivity index (χ2v) is 19.8. The van der Waals surface area contributed by atoms with Crippen molar-refractivity contribution in [2.24, 2.45) is 0 Å². The van der Waals surface area contributed by atoms with E-state index in [2.05, 4.69) is 243 Å². The predicted octanol–water partition coefficient (Wildman–Crippen LogP) is 17.5. The van der Waals surface area contributed by atoms with Crippen LogP contribution in [0.3, 0.4) is 0 Å². The van der Waals surface area contributed by atoms with Gasteiger partial charge < -0.3 is 4.90 Å². The first-order valence-corrected chi connectivity index (χ1v) is 23.9. The fourth-order valence-electron chi connectivity index (χ4n) is 12.2. The van der Waals surface area contributed by atoms with Crippen molar-refractivity contribution in [3.63, 3.8) is 0 Å². The van der Waals surface area contributed by atoms with Gasteiger partial charge in [0.1, 0.15) is 0 Å². The summed E-state index contributed by atoms with van der Waals surface area (Å²) in [6.07, 6.45) is 0. The Hall–Kier alpha value is -7.78. The molecular weight excluding hydrogens is 815 g/mol. The maximum atomic E-state index is 2.60. The van der Waals surface area contributed by atoms with Gasteiger partial charge in [0.25, 0.3) is 0 Å². The molecule has 3 aliphatic carbocycles. The number of nitrogens with zero attached hydrogens (tertiary/aromatic N) is 1. The van der Waals surface area contributed by atoms with Crippen molar-refractivity contribution in [1.82, 2.24) is 0 Å². The zero-order valence-corrected chi connectivity index (χ0v) is 37.5. The van der Waals surface area contributed by atoms with E-state index in [1.807, 2.05) is 11.3 Å². The van der Waals surface area contributed by atoms with E-state index in [-0.39, 0.29) is 5.41 Å². The number of anilines is 3. The maximum absolute atomic E-state index is 2.60. The van der Waals surface area contributed by atoms with Crippen LogP contribution >= 0.6 is 11.3 Å². The molecule has 11 aromatic rings. The standard InChI is InChI=1S/C64H43NS/c1-63(2)56-38-43(41-19-7-4-8-20-41)31-34-47(56)48-35-33-44(39-57(48)63)65(59-30-15-24-49-51-37-42(40-17-5-3-6-18-40)32-36-60(51)66-62(49)59)58-29-16-28-55-61(58)50-23-11-14-27-54(50)64(55)52-25-12-9-21-45(52)46-22-10-13-26-53(46)64/h3-39H,1-2H3. The molecule has 66 heavy (non-hydrogen) atoms. The van der Waals surface area contributed by atoms with E-state index in [1.165, 1.54) is 121 Å². The van der Waals surface area contributed by atoms with Gasteiger partial charge in [0.05, 0.1) is 21.5 Å². The Morgan fingerprint density at radius 3 is 1.56 bits per heavy atom. The van der Waals surface area contributed by atoms with Gasteiger partial charge in [0.2, 0.25) is 0 Å².